The summed E-state index contributed by atoms with van der Waals surface area (Å²) in [4.78, 5) is 0. The van der Waals surface area contributed by atoms with E-state index >= 15 is 0 Å². The van der Waals surface area contributed by atoms with Gasteiger partial charge < -0.3 is 5.32 Å². The highest BCUT2D eigenvalue weighted by Gasteiger charge is 2.11. The number of halogens is 4. The van der Waals surface area contributed by atoms with Gasteiger partial charge in [0.15, 0.2) is 0 Å². The molecule has 0 aliphatic rings. The molecule has 0 heterocycles. The molecule has 0 aromatic heterocycles. The van der Waals surface area contributed by atoms with Gasteiger partial charge in [0.05, 0.1) is 0 Å². The lowest BCUT2D eigenvalue weighted by molar-refractivity contribution is 0.544. The zero-order valence-corrected chi connectivity index (χ0v) is 13.0. The van der Waals surface area contributed by atoms with Gasteiger partial charge in [-0.3, -0.25) is 0 Å². The molecule has 0 amide bonds. The van der Waals surface area contributed by atoms with E-state index in [1.165, 1.54) is 12.1 Å². The van der Waals surface area contributed by atoms with E-state index in [-0.39, 0.29) is 11.9 Å². The van der Waals surface area contributed by atoms with Crippen LogP contribution in [0, 0.1) is 5.82 Å². The number of nitrogens with one attached hydrogen (secondary N) is 1. The van der Waals surface area contributed by atoms with Crippen molar-refractivity contribution in [2.75, 3.05) is 0 Å². The van der Waals surface area contributed by atoms with E-state index in [2.05, 4.69) is 5.32 Å². The van der Waals surface area contributed by atoms with Crippen LogP contribution in [0.15, 0.2) is 36.4 Å². The summed E-state index contributed by atoms with van der Waals surface area (Å²) in [7, 11) is 0. The molecule has 1 N–H and O–H groups in total. The highest BCUT2D eigenvalue weighted by molar-refractivity contribution is 6.35. The van der Waals surface area contributed by atoms with Crippen LogP contribution >= 0.6 is 34.8 Å². The Hall–Kier alpha value is -0.800. The van der Waals surface area contributed by atoms with Gasteiger partial charge in [-0.2, -0.15) is 0 Å². The monoisotopic (exact) mass is 331 g/mol. The first-order valence-electron chi connectivity index (χ1n) is 6.09. The lowest BCUT2D eigenvalue weighted by atomic mass is 10.1. The summed E-state index contributed by atoms with van der Waals surface area (Å²) in [5, 5.41) is 4.91. The molecule has 2 rings (SSSR count). The minimum absolute atomic E-state index is 0.0295. The molecule has 1 nitrogen and oxygen atoms in total. The Balaban J connectivity index is 2.08. The van der Waals surface area contributed by atoms with E-state index in [1.54, 1.807) is 18.2 Å². The van der Waals surface area contributed by atoms with Crippen LogP contribution in [-0.4, -0.2) is 0 Å². The summed E-state index contributed by atoms with van der Waals surface area (Å²) in [6, 6.07) is 9.80. The molecule has 2 aromatic rings. The smallest absolute Gasteiger partial charge is 0.127 e. The molecule has 0 aliphatic heterocycles. The lowest BCUT2D eigenvalue weighted by Crippen LogP contribution is -2.19. The van der Waals surface area contributed by atoms with Crippen LogP contribution in [-0.2, 0) is 6.54 Å². The van der Waals surface area contributed by atoms with Gasteiger partial charge in [0.25, 0.3) is 0 Å². The largest absolute Gasteiger partial charge is 0.306 e. The molecule has 0 fully saturated rings. The van der Waals surface area contributed by atoms with Crippen molar-refractivity contribution in [3.05, 3.63) is 68.4 Å². The molecule has 1 unspecified atom stereocenters. The average molecular weight is 333 g/mol. The Labute approximate surface area is 132 Å². The van der Waals surface area contributed by atoms with Crippen molar-refractivity contribution in [2.24, 2.45) is 0 Å². The maximum Gasteiger partial charge on any atom is 0.127 e. The minimum Gasteiger partial charge on any atom is -0.306 e. The molecule has 5 heteroatoms. The lowest BCUT2D eigenvalue weighted by Gasteiger charge is -2.16. The van der Waals surface area contributed by atoms with E-state index < -0.39 is 0 Å². The Bertz CT molecular complexity index is 616. The van der Waals surface area contributed by atoms with Gasteiger partial charge in [-0.15, -0.1) is 0 Å². The zero-order valence-electron chi connectivity index (χ0n) is 10.8. The molecule has 2 aromatic carbocycles. The fourth-order valence-electron chi connectivity index (χ4n) is 1.90. The third kappa shape index (κ3) is 3.86. The summed E-state index contributed by atoms with van der Waals surface area (Å²) in [6.07, 6.45) is 0. The molecular formula is C15H13Cl3FN. The molecule has 20 heavy (non-hydrogen) atoms. The number of hydrogen-bond donors (Lipinski definition) is 1. The minimum atomic E-state index is -0.281. The molecule has 106 valence electrons. The second kappa shape index (κ2) is 6.77. The zero-order chi connectivity index (χ0) is 14.7. The molecule has 0 radical (unpaired) electrons. The Kier molecular flexibility index (Phi) is 5.28. The van der Waals surface area contributed by atoms with Gasteiger partial charge in [0.2, 0.25) is 0 Å². The van der Waals surface area contributed by atoms with Crippen molar-refractivity contribution in [3.8, 4) is 0 Å². The molecule has 0 bridgehead atoms. The molecule has 1 atom stereocenters. The fourth-order valence-corrected chi connectivity index (χ4v) is 2.67. The van der Waals surface area contributed by atoms with Crippen LogP contribution < -0.4 is 5.32 Å². The van der Waals surface area contributed by atoms with Crippen molar-refractivity contribution in [1.82, 2.24) is 5.32 Å². The second-order valence-electron chi connectivity index (χ2n) is 4.50. The van der Waals surface area contributed by atoms with Crippen molar-refractivity contribution in [3.63, 3.8) is 0 Å². The third-order valence-corrected chi connectivity index (χ3v) is 3.83. The summed E-state index contributed by atoms with van der Waals surface area (Å²) < 4.78 is 13.6. The van der Waals surface area contributed by atoms with Gasteiger partial charge in [-0.1, -0.05) is 40.9 Å². The third-order valence-electron chi connectivity index (χ3n) is 3.04. The summed E-state index contributed by atoms with van der Waals surface area (Å²) in [6.45, 7) is 2.32. The van der Waals surface area contributed by atoms with E-state index in [1.807, 2.05) is 13.0 Å². The average Bonchev–Trinajstić information content (AvgIpc) is 2.39. The first-order chi connectivity index (χ1) is 9.47. The quantitative estimate of drug-likeness (QED) is 0.764. The first kappa shape index (κ1) is 15.6. The van der Waals surface area contributed by atoms with Crippen molar-refractivity contribution < 1.29 is 4.39 Å². The van der Waals surface area contributed by atoms with E-state index in [0.29, 0.717) is 27.2 Å². The molecule has 0 saturated heterocycles. The van der Waals surface area contributed by atoms with Crippen molar-refractivity contribution in [2.45, 2.75) is 19.5 Å². The number of benzene rings is 2. The van der Waals surface area contributed by atoms with Crippen LogP contribution in [0.1, 0.15) is 24.1 Å². The maximum absolute atomic E-state index is 13.6. The summed E-state index contributed by atoms with van der Waals surface area (Å²) in [5.41, 5.74) is 1.44. The van der Waals surface area contributed by atoms with E-state index in [4.69, 9.17) is 34.8 Å². The number of hydrogen-bond acceptors (Lipinski definition) is 1. The maximum atomic E-state index is 13.6. The van der Waals surface area contributed by atoms with Crippen LogP contribution in [0.2, 0.25) is 15.1 Å². The summed E-state index contributed by atoms with van der Waals surface area (Å²) >= 11 is 17.9. The van der Waals surface area contributed by atoms with Crippen molar-refractivity contribution >= 4 is 34.8 Å². The van der Waals surface area contributed by atoms with Gasteiger partial charge >= 0.3 is 0 Å². The van der Waals surface area contributed by atoms with Gasteiger partial charge in [0.1, 0.15) is 5.82 Å². The molecule has 0 saturated carbocycles. The summed E-state index contributed by atoms with van der Waals surface area (Å²) in [5.74, 6) is -0.281. The normalized spacial score (nSPS) is 12.4. The van der Waals surface area contributed by atoms with Gasteiger partial charge in [-0.25, -0.2) is 4.39 Å². The standard InChI is InChI=1S/C15H13Cl3FN/c1-9(13-4-2-12(17)7-14(13)18)20-8-10-6-11(16)3-5-15(10)19/h2-7,9,20H,8H2,1H3. The SMILES string of the molecule is CC(NCc1cc(Cl)ccc1F)c1ccc(Cl)cc1Cl. The van der Waals surface area contributed by atoms with Gasteiger partial charge in [0, 0.05) is 33.2 Å². The Morgan fingerprint density at radius 3 is 2.40 bits per heavy atom. The van der Waals surface area contributed by atoms with Crippen LogP contribution in [0.3, 0.4) is 0 Å². The van der Waals surface area contributed by atoms with Gasteiger partial charge in [-0.05, 0) is 42.8 Å². The molecule has 0 spiro atoms. The van der Waals surface area contributed by atoms with E-state index in [0.717, 1.165) is 5.56 Å². The topological polar surface area (TPSA) is 12.0 Å². The predicted octanol–water partition coefficient (Wildman–Crippen LogP) is 5.64. The second-order valence-corrected chi connectivity index (χ2v) is 5.78. The van der Waals surface area contributed by atoms with Crippen LogP contribution in [0.5, 0.6) is 0 Å². The first-order valence-corrected chi connectivity index (χ1v) is 7.23. The number of rotatable bonds is 4. The Morgan fingerprint density at radius 2 is 1.70 bits per heavy atom. The highest BCUT2D eigenvalue weighted by atomic mass is 35.5. The van der Waals surface area contributed by atoms with Crippen molar-refractivity contribution in [1.29, 1.82) is 0 Å². The highest BCUT2D eigenvalue weighted by Crippen LogP contribution is 2.26. The van der Waals surface area contributed by atoms with Crippen LogP contribution in [0.25, 0.3) is 0 Å². The Morgan fingerprint density at radius 1 is 1.05 bits per heavy atom. The van der Waals surface area contributed by atoms with Crippen LogP contribution in [0.4, 0.5) is 4.39 Å². The van der Waals surface area contributed by atoms with E-state index in [9.17, 15) is 4.39 Å². The fraction of sp³-hybridized carbons (Fsp3) is 0.200. The molecular weight excluding hydrogens is 320 g/mol. The predicted molar refractivity (Wildman–Crippen MR) is 83.1 cm³/mol. The molecule has 0 aliphatic carbocycles.